The lowest BCUT2D eigenvalue weighted by Crippen LogP contribution is -2.25. The molecule has 1 fully saturated rings. The molecule has 0 aromatic heterocycles. The molecular formula is C9H14O3. The second-order valence-electron chi connectivity index (χ2n) is 3.26. The van der Waals surface area contributed by atoms with Crippen molar-refractivity contribution in [3.63, 3.8) is 0 Å². The van der Waals surface area contributed by atoms with Gasteiger partial charge in [-0.2, -0.15) is 0 Å². The van der Waals surface area contributed by atoms with Gasteiger partial charge in [-0.3, -0.25) is 9.59 Å². The van der Waals surface area contributed by atoms with Gasteiger partial charge in [-0.1, -0.05) is 19.8 Å². The normalized spacial score (nSPS) is 19.4. The third-order valence-electron chi connectivity index (χ3n) is 2.10. The number of unbranched alkanes of at least 4 members (excludes halogenated alkanes) is 1. The first-order valence-electron chi connectivity index (χ1n) is 4.46. The Kier molecular flexibility index (Phi) is 3.26. The molecule has 0 unspecified atom stereocenters. The van der Waals surface area contributed by atoms with Crippen molar-refractivity contribution in [3.8, 4) is 0 Å². The number of carbonyl (C=O) groups excluding carboxylic acids is 2. The SMILES string of the molecule is CCCCC1CC(=O)OC(=O)C1. The molecule has 12 heavy (non-hydrogen) atoms. The summed E-state index contributed by atoms with van der Waals surface area (Å²) in [5.41, 5.74) is 0. The second kappa shape index (κ2) is 4.24. The zero-order chi connectivity index (χ0) is 8.97. The Balaban J connectivity index is 2.34. The molecule has 0 amide bonds. The average Bonchev–Trinajstić information content (AvgIpc) is 1.99. The molecule has 0 saturated carbocycles. The molecule has 0 atom stereocenters. The molecule has 1 heterocycles. The fourth-order valence-corrected chi connectivity index (χ4v) is 1.45. The van der Waals surface area contributed by atoms with Crippen LogP contribution in [0.15, 0.2) is 0 Å². The summed E-state index contributed by atoms with van der Waals surface area (Å²) in [6, 6.07) is 0. The molecule has 0 bridgehead atoms. The highest BCUT2D eigenvalue weighted by Crippen LogP contribution is 2.22. The van der Waals surface area contributed by atoms with Gasteiger partial charge in [-0.05, 0) is 12.3 Å². The third kappa shape index (κ3) is 2.64. The van der Waals surface area contributed by atoms with Crippen molar-refractivity contribution < 1.29 is 14.3 Å². The Hall–Kier alpha value is -0.860. The van der Waals surface area contributed by atoms with E-state index in [9.17, 15) is 9.59 Å². The molecule has 1 aliphatic rings. The van der Waals surface area contributed by atoms with Gasteiger partial charge in [0.05, 0.1) is 0 Å². The molecule has 1 saturated heterocycles. The maximum atomic E-state index is 10.8. The van der Waals surface area contributed by atoms with Crippen LogP contribution in [0.2, 0.25) is 0 Å². The Morgan fingerprint density at radius 1 is 1.33 bits per heavy atom. The lowest BCUT2D eigenvalue weighted by atomic mass is 9.94. The van der Waals surface area contributed by atoms with Gasteiger partial charge in [0.25, 0.3) is 0 Å². The minimum Gasteiger partial charge on any atom is -0.393 e. The summed E-state index contributed by atoms with van der Waals surface area (Å²) in [5.74, 6) is -0.474. The number of ether oxygens (including phenoxy) is 1. The summed E-state index contributed by atoms with van der Waals surface area (Å²) in [6.45, 7) is 2.10. The Bertz CT molecular complexity index is 170. The highest BCUT2D eigenvalue weighted by Gasteiger charge is 2.26. The molecule has 0 radical (unpaired) electrons. The highest BCUT2D eigenvalue weighted by atomic mass is 16.6. The number of rotatable bonds is 3. The molecule has 3 nitrogen and oxygen atoms in total. The maximum absolute atomic E-state index is 10.8. The van der Waals surface area contributed by atoms with Gasteiger partial charge in [0, 0.05) is 12.8 Å². The van der Waals surface area contributed by atoms with E-state index in [0.29, 0.717) is 12.8 Å². The molecule has 0 spiro atoms. The van der Waals surface area contributed by atoms with E-state index in [1.807, 2.05) is 0 Å². The van der Waals surface area contributed by atoms with Gasteiger partial charge in [-0.25, -0.2) is 0 Å². The van der Waals surface area contributed by atoms with Crippen molar-refractivity contribution in [2.75, 3.05) is 0 Å². The van der Waals surface area contributed by atoms with Gasteiger partial charge >= 0.3 is 11.9 Å². The van der Waals surface area contributed by atoms with Crippen LogP contribution in [0, 0.1) is 5.92 Å². The first kappa shape index (κ1) is 9.23. The van der Waals surface area contributed by atoms with Gasteiger partial charge in [0.1, 0.15) is 0 Å². The molecule has 3 heteroatoms. The van der Waals surface area contributed by atoms with E-state index in [4.69, 9.17) is 0 Å². The minimum absolute atomic E-state index is 0.235. The van der Waals surface area contributed by atoms with Crippen LogP contribution in [0.4, 0.5) is 0 Å². The molecular weight excluding hydrogens is 156 g/mol. The fraction of sp³-hybridized carbons (Fsp3) is 0.778. The van der Waals surface area contributed by atoms with Crippen molar-refractivity contribution in [1.82, 2.24) is 0 Å². The van der Waals surface area contributed by atoms with Gasteiger partial charge < -0.3 is 4.74 Å². The van der Waals surface area contributed by atoms with E-state index < -0.39 is 0 Å². The predicted octanol–water partition coefficient (Wildman–Crippen LogP) is 1.66. The van der Waals surface area contributed by atoms with Crippen LogP contribution in [-0.2, 0) is 14.3 Å². The number of cyclic esters (lactones) is 2. The maximum Gasteiger partial charge on any atom is 0.313 e. The Labute approximate surface area is 72.1 Å². The Morgan fingerprint density at radius 3 is 2.42 bits per heavy atom. The van der Waals surface area contributed by atoms with Crippen molar-refractivity contribution in [1.29, 1.82) is 0 Å². The summed E-state index contributed by atoms with van der Waals surface area (Å²) in [4.78, 5) is 21.6. The average molecular weight is 170 g/mol. The van der Waals surface area contributed by atoms with Gasteiger partial charge in [-0.15, -0.1) is 0 Å². The zero-order valence-corrected chi connectivity index (χ0v) is 7.34. The summed E-state index contributed by atoms with van der Waals surface area (Å²) in [7, 11) is 0. The first-order valence-corrected chi connectivity index (χ1v) is 4.46. The molecule has 68 valence electrons. The van der Waals surface area contributed by atoms with Crippen molar-refractivity contribution >= 4 is 11.9 Å². The molecule has 0 aliphatic carbocycles. The van der Waals surface area contributed by atoms with Crippen LogP contribution in [0.5, 0.6) is 0 Å². The second-order valence-corrected chi connectivity index (χ2v) is 3.26. The van der Waals surface area contributed by atoms with Crippen molar-refractivity contribution in [3.05, 3.63) is 0 Å². The molecule has 1 aliphatic heterocycles. The topological polar surface area (TPSA) is 43.4 Å². The van der Waals surface area contributed by atoms with E-state index >= 15 is 0 Å². The minimum atomic E-state index is -0.354. The monoisotopic (exact) mass is 170 g/mol. The van der Waals surface area contributed by atoms with Crippen LogP contribution in [0.3, 0.4) is 0 Å². The fourth-order valence-electron chi connectivity index (χ4n) is 1.45. The van der Waals surface area contributed by atoms with Crippen LogP contribution in [0.25, 0.3) is 0 Å². The van der Waals surface area contributed by atoms with Crippen LogP contribution >= 0.6 is 0 Å². The molecule has 0 aromatic rings. The predicted molar refractivity (Wildman–Crippen MR) is 43.3 cm³/mol. The summed E-state index contributed by atoms with van der Waals surface area (Å²) in [5, 5.41) is 0. The Morgan fingerprint density at radius 2 is 1.92 bits per heavy atom. The van der Waals surface area contributed by atoms with Crippen molar-refractivity contribution in [2.45, 2.75) is 39.0 Å². The van der Waals surface area contributed by atoms with Gasteiger partial charge in [0.2, 0.25) is 0 Å². The smallest absolute Gasteiger partial charge is 0.313 e. The van der Waals surface area contributed by atoms with E-state index in [0.717, 1.165) is 19.3 Å². The van der Waals surface area contributed by atoms with Crippen LogP contribution < -0.4 is 0 Å². The summed E-state index contributed by atoms with van der Waals surface area (Å²) >= 11 is 0. The quantitative estimate of drug-likeness (QED) is 0.478. The molecule has 0 N–H and O–H groups in total. The lowest BCUT2D eigenvalue weighted by molar-refractivity contribution is -0.165. The van der Waals surface area contributed by atoms with Gasteiger partial charge in [0.15, 0.2) is 0 Å². The first-order chi connectivity index (χ1) is 5.72. The van der Waals surface area contributed by atoms with E-state index in [1.165, 1.54) is 0 Å². The lowest BCUT2D eigenvalue weighted by Gasteiger charge is -2.18. The number of hydrogen-bond acceptors (Lipinski definition) is 3. The van der Waals surface area contributed by atoms with Crippen molar-refractivity contribution in [2.24, 2.45) is 5.92 Å². The van der Waals surface area contributed by atoms with E-state index in [1.54, 1.807) is 0 Å². The number of hydrogen-bond donors (Lipinski definition) is 0. The molecule has 1 rings (SSSR count). The number of esters is 2. The van der Waals surface area contributed by atoms with E-state index in [-0.39, 0.29) is 17.9 Å². The van der Waals surface area contributed by atoms with E-state index in [2.05, 4.69) is 11.7 Å². The largest absolute Gasteiger partial charge is 0.393 e. The standard InChI is InChI=1S/C9H14O3/c1-2-3-4-7-5-8(10)12-9(11)6-7/h7H,2-6H2,1H3. The number of carbonyl (C=O) groups is 2. The zero-order valence-electron chi connectivity index (χ0n) is 7.34. The summed E-state index contributed by atoms with van der Waals surface area (Å²) < 4.78 is 4.42. The summed E-state index contributed by atoms with van der Waals surface area (Å²) in [6.07, 6.45) is 4.01. The van der Waals surface area contributed by atoms with Crippen LogP contribution in [-0.4, -0.2) is 11.9 Å². The third-order valence-corrected chi connectivity index (χ3v) is 2.10. The highest BCUT2D eigenvalue weighted by molar-refractivity contribution is 5.88. The van der Waals surface area contributed by atoms with Crippen LogP contribution in [0.1, 0.15) is 39.0 Å². The molecule has 0 aromatic carbocycles.